The SMILES string of the molecule is Cc1ccc(S(=O)(=O)CCc2nc(-c3ccc(N4CCC(C)CC4)cc3)no2)cc1. The van der Waals surface area contributed by atoms with E-state index in [1.807, 2.05) is 19.1 Å². The number of nitrogens with zero attached hydrogens (tertiary/aromatic N) is 3. The summed E-state index contributed by atoms with van der Waals surface area (Å²) in [4.78, 5) is 7.11. The summed E-state index contributed by atoms with van der Waals surface area (Å²) in [7, 11) is -3.39. The van der Waals surface area contributed by atoms with Gasteiger partial charge in [-0.1, -0.05) is 29.8 Å². The number of benzene rings is 2. The van der Waals surface area contributed by atoms with E-state index in [1.54, 1.807) is 24.3 Å². The molecule has 2 heterocycles. The van der Waals surface area contributed by atoms with E-state index in [2.05, 4.69) is 34.1 Å². The summed E-state index contributed by atoms with van der Waals surface area (Å²) < 4.78 is 30.3. The van der Waals surface area contributed by atoms with Crippen LogP contribution in [0.5, 0.6) is 0 Å². The molecule has 1 aromatic heterocycles. The van der Waals surface area contributed by atoms with Gasteiger partial charge >= 0.3 is 0 Å². The molecule has 6 nitrogen and oxygen atoms in total. The Kier molecular flexibility index (Phi) is 5.90. The first-order valence-electron chi connectivity index (χ1n) is 10.4. The Morgan fingerprint density at radius 2 is 1.70 bits per heavy atom. The van der Waals surface area contributed by atoms with E-state index in [-0.39, 0.29) is 12.2 Å². The number of hydrogen-bond acceptors (Lipinski definition) is 6. The number of rotatable bonds is 6. The molecule has 0 spiro atoms. The third kappa shape index (κ3) is 4.73. The van der Waals surface area contributed by atoms with Crippen LogP contribution in [0.15, 0.2) is 57.9 Å². The third-order valence-corrected chi connectivity index (χ3v) is 7.44. The summed E-state index contributed by atoms with van der Waals surface area (Å²) in [5, 5.41) is 4.03. The van der Waals surface area contributed by atoms with Gasteiger partial charge in [-0.15, -0.1) is 0 Å². The molecule has 1 aliphatic heterocycles. The van der Waals surface area contributed by atoms with E-state index < -0.39 is 9.84 Å². The van der Waals surface area contributed by atoms with Crippen molar-refractivity contribution in [1.29, 1.82) is 0 Å². The minimum absolute atomic E-state index is 0.0655. The van der Waals surface area contributed by atoms with Crippen molar-refractivity contribution in [1.82, 2.24) is 10.1 Å². The van der Waals surface area contributed by atoms with Gasteiger partial charge in [0.15, 0.2) is 9.84 Å². The van der Waals surface area contributed by atoms with Crippen LogP contribution >= 0.6 is 0 Å². The predicted octanol–water partition coefficient (Wildman–Crippen LogP) is 4.30. The van der Waals surface area contributed by atoms with Crippen LogP contribution in [0, 0.1) is 12.8 Å². The molecule has 2 aromatic carbocycles. The number of aromatic nitrogens is 2. The number of hydrogen-bond donors (Lipinski definition) is 0. The molecule has 1 aliphatic rings. The van der Waals surface area contributed by atoms with Crippen LogP contribution in [-0.4, -0.2) is 37.4 Å². The zero-order valence-electron chi connectivity index (χ0n) is 17.4. The molecule has 1 saturated heterocycles. The fourth-order valence-electron chi connectivity index (χ4n) is 3.65. The molecule has 0 atom stereocenters. The smallest absolute Gasteiger partial charge is 0.227 e. The maximum atomic E-state index is 12.5. The molecule has 0 radical (unpaired) electrons. The van der Waals surface area contributed by atoms with Gasteiger partial charge in [-0.05, 0) is 62.1 Å². The van der Waals surface area contributed by atoms with E-state index in [0.29, 0.717) is 16.6 Å². The summed E-state index contributed by atoms with van der Waals surface area (Å²) in [6, 6.07) is 15.0. The second-order valence-electron chi connectivity index (χ2n) is 8.11. The van der Waals surface area contributed by atoms with Gasteiger partial charge in [-0.3, -0.25) is 0 Å². The highest BCUT2D eigenvalue weighted by atomic mass is 32.2. The largest absolute Gasteiger partial charge is 0.372 e. The van der Waals surface area contributed by atoms with Gasteiger partial charge in [0.1, 0.15) is 0 Å². The van der Waals surface area contributed by atoms with Gasteiger partial charge in [-0.25, -0.2) is 8.42 Å². The van der Waals surface area contributed by atoms with Crippen molar-refractivity contribution < 1.29 is 12.9 Å². The summed E-state index contributed by atoms with van der Waals surface area (Å²) in [5.74, 6) is 1.55. The van der Waals surface area contributed by atoms with Gasteiger partial charge in [0.05, 0.1) is 10.6 Å². The lowest BCUT2D eigenvalue weighted by atomic mass is 9.98. The summed E-state index contributed by atoms with van der Waals surface area (Å²) in [6.45, 7) is 6.40. The average Bonchev–Trinajstić information content (AvgIpc) is 3.23. The van der Waals surface area contributed by atoms with Crippen LogP contribution in [0.4, 0.5) is 5.69 Å². The van der Waals surface area contributed by atoms with E-state index in [1.165, 1.54) is 18.5 Å². The summed E-state index contributed by atoms with van der Waals surface area (Å²) in [5.41, 5.74) is 3.09. The van der Waals surface area contributed by atoms with Crippen molar-refractivity contribution >= 4 is 15.5 Å². The Balaban J connectivity index is 1.39. The topological polar surface area (TPSA) is 76.3 Å². The maximum Gasteiger partial charge on any atom is 0.227 e. The molecule has 0 N–H and O–H groups in total. The van der Waals surface area contributed by atoms with E-state index >= 15 is 0 Å². The number of anilines is 1. The predicted molar refractivity (Wildman–Crippen MR) is 117 cm³/mol. The monoisotopic (exact) mass is 425 g/mol. The normalized spacial score (nSPS) is 15.5. The fraction of sp³-hybridized carbons (Fsp3) is 0.391. The molecule has 0 amide bonds. The van der Waals surface area contributed by atoms with Crippen LogP contribution in [0.1, 0.15) is 31.2 Å². The van der Waals surface area contributed by atoms with Crippen LogP contribution in [0.25, 0.3) is 11.4 Å². The van der Waals surface area contributed by atoms with E-state index in [9.17, 15) is 8.42 Å². The number of piperidine rings is 1. The standard InChI is InChI=1S/C23H27N3O3S/c1-17-3-9-21(10-4-17)30(27,28)16-13-22-24-23(25-29-22)19-5-7-20(8-6-19)26-14-11-18(2)12-15-26/h3-10,18H,11-16H2,1-2H3. The quantitative estimate of drug-likeness (QED) is 0.586. The molecule has 30 heavy (non-hydrogen) atoms. The van der Waals surface area contributed by atoms with Crippen LogP contribution < -0.4 is 4.90 Å². The van der Waals surface area contributed by atoms with Gasteiger partial charge in [0.2, 0.25) is 11.7 Å². The molecule has 0 aliphatic carbocycles. The average molecular weight is 426 g/mol. The van der Waals surface area contributed by atoms with Crippen molar-refractivity contribution in [3.63, 3.8) is 0 Å². The van der Waals surface area contributed by atoms with Gasteiger partial charge < -0.3 is 9.42 Å². The Hall–Kier alpha value is -2.67. The molecule has 0 unspecified atom stereocenters. The Labute approximate surface area is 177 Å². The minimum Gasteiger partial charge on any atom is -0.372 e. The zero-order valence-corrected chi connectivity index (χ0v) is 18.2. The van der Waals surface area contributed by atoms with E-state index in [4.69, 9.17) is 4.52 Å². The van der Waals surface area contributed by atoms with Gasteiger partial charge in [0, 0.05) is 30.8 Å². The summed E-state index contributed by atoms with van der Waals surface area (Å²) >= 11 is 0. The molecule has 4 rings (SSSR count). The first-order chi connectivity index (χ1) is 14.4. The van der Waals surface area contributed by atoms with Crippen LogP contribution in [-0.2, 0) is 16.3 Å². The summed E-state index contributed by atoms with van der Waals surface area (Å²) in [6.07, 6.45) is 2.64. The third-order valence-electron chi connectivity index (χ3n) is 5.71. The Morgan fingerprint density at radius 3 is 2.37 bits per heavy atom. The van der Waals surface area contributed by atoms with Gasteiger partial charge in [-0.2, -0.15) is 4.98 Å². The molecular weight excluding hydrogens is 398 g/mol. The lowest BCUT2D eigenvalue weighted by Gasteiger charge is -2.32. The van der Waals surface area contributed by atoms with Crippen molar-refractivity contribution in [2.24, 2.45) is 5.92 Å². The van der Waals surface area contributed by atoms with Crippen LogP contribution in [0.2, 0.25) is 0 Å². The molecule has 3 aromatic rings. The second-order valence-corrected chi connectivity index (χ2v) is 10.2. The van der Waals surface area contributed by atoms with Crippen molar-refractivity contribution in [3.05, 3.63) is 60.0 Å². The minimum atomic E-state index is -3.39. The van der Waals surface area contributed by atoms with Crippen molar-refractivity contribution in [2.45, 2.75) is 38.0 Å². The maximum absolute atomic E-state index is 12.5. The van der Waals surface area contributed by atoms with Crippen LogP contribution in [0.3, 0.4) is 0 Å². The molecule has 1 fully saturated rings. The highest BCUT2D eigenvalue weighted by Gasteiger charge is 2.18. The molecule has 7 heteroatoms. The lowest BCUT2D eigenvalue weighted by molar-refractivity contribution is 0.382. The highest BCUT2D eigenvalue weighted by Crippen LogP contribution is 2.25. The van der Waals surface area contributed by atoms with Crippen molar-refractivity contribution in [2.75, 3.05) is 23.7 Å². The first-order valence-corrected chi connectivity index (χ1v) is 12.0. The van der Waals surface area contributed by atoms with Gasteiger partial charge in [0.25, 0.3) is 0 Å². The van der Waals surface area contributed by atoms with E-state index in [0.717, 1.165) is 30.1 Å². The highest BCUT2D eigenvalue weighted by molar-refractivity contribution is 7.91. The molecular formula is C23H27N3O3S. The van der Waals surface area contributed by atoms with Crippen molar-refractivity contribution in [3.8, 4) is 11.4 Å². The Bertz CT molecular complexity index is 1080. The lowest BCUT2D eigenvalue weighted by Crippen LogP contribution is -2.32. The number of sulfone groups is 1. The fourth-order valence-corrected chi connectivity index (χ4v) is 4.88. The molecule has 0 bridgehead atoms. The molecule has 158 valence electrons. The molecule has 0 saturated carbocycles. The number of aryl methyl sites for hydroxylation is 2. The Morgan fingerprint density at radius 1 is 1.03 bits per heavy atom. The zero-order chi connectivity index (χ0) is 21.1. The first kappa shape index (κ1) is 20.6. The second kappa shape index (κ2) is 8.60.